The molecule has 3 atom stereocenters. The van der Waals surface area contributed by atoms with Crippen LogP contribution in [0.3, 0.4) is 0 Å². The minimum absolute atomic E-state index is 0.0748. The zero-order valence-electron chi connectivity index (χ0n) is 17.5. The highest BCUT2D eigenvalue weighted by molar-refractivity contribution is 8.01. The Hall–Kier alpha value is -2.05. The lowest BCUT2D eigenvalue weighted by atomic mass is 9.96. The van der Waals surface area contributed by atoms with Crippen molar-refractivity contribution in [1.29, 1.82) is 0 Å². The van der Waals surface area contributed by atoms with Crippen molar-refractivity contribution >= 4 is 63.3 Å². The van der Waals surface area contributed by atoms with Gasteiger partial charge < -0.3 is 25.9 Å². The number of thiazole rings is 1. The van der Waals surface area contributed by atoms with Gasteiger partial charge in [0.25, 0.3) is 5.91 Å². The lowest BCUT2D eigenvalue weighted by Gasteiger charge is -2.43. The quantitative estimate of drug-likeness (QED) is 0.230. The summed E-state index contributed by atoms with van der Waals surface area (Å²) in [5, 5.41) is 17.8. The molecule has 4 rings (SSSR count). The van der Waals surface area contributed by atoms with E-state index in [1.165, 1.54) is 16.7 Å². The molecule has 3 fully saturated rings. The summed E-state index contributed by atoms with van der Waals surface area (Å²) in [6.07, 6.45) is 2.91. The Morgan fingerprint density at radius 3 is 2.66 bits per heavy atom. The summed E-state index contributed by atoms with van der Waals surface area (Å²) in [7, 11) is 0. The lowest BCUT2D eigenvalue weighted by molar-refractivity contribution is -0.160. The number of aliphatic carboxylic acids is 1. The van der Waals surface area contributed by atoms with Gasteiger partial charge in [-0.1, -0.05) is 5.16 Å². The highest BCUT2D eigenvalue weighted by Gasteiger charge is 2.64. The summed E-state index contributed by atoms with van der Waals surface area (Å²) in [4.78, 5) is 48.5. The first-order valence-electron chi connectivity index (χ1n) is 10.2. The summed E-state index contributed by atoms with van der Waals surface area (Å²) in [5.74, 6) is -2.13. The Labute approximate surface area is 197 Å². The number of carbonyl (C=O) groups is 3. The maximum Gasteiger partial charge on any atom is 0.327 e. The van der Waals surface area contributed by atoms with E-state index in [4.69, 9.17) is 22.2 Å². The van der Waals surface area contributed by atoms with Crippen molar-refractivity contribution in [2.24, 2.45) is 5.16 Å². The van der Waals surface area contributed by atoms with Crippen molar-refractivity contribution in [2.75, 3.05) is 5.73 Å². The Balaban J connectivity index is 1.49. The number of hydrogen-bond acceptors (Lipinski definition) is 9. The van der Waals surface area contributed by atoms with Gasteiger partial charge in [0.05, 0.1) is 0 Å². The van der Waals surface area contributed by atoms with Crippen molar-refractivity contribution in [3.63, 3.8) is 0 Å². The van der Waals surface area contributed by atoms with Crippen LogP contribution in [-0.4, -0.2) is 72.2 Å². The summed E-state index contributed by atoms with van der Waals surface area (Å²) < 4.78 is -0.684. The van der Waals surface area contributed by atoms with Crippen molar-refractivity contribution in [3.05, 3.63) is 11.1 Å². The first-order chi connectivity index (χ1) is 15.1. The maximum absolute atomic E-state index is 13.1. The molecular weight excluding hydrogens is 478 g/mol. The first kappa shape index (κ1) is 23.1. The fraction of sp³-hybridized carbons (Fsp3) is 0.632. The van der Waals surface area contributed by atoms with Crippen molar-refractivity contribution in [2.45, 2.75) is 73.2 Å². The number of hydrogen-bond donors (Lipinski definition) is 3. The van der Waals surface area contributed by atoms with Crippen LogP contribution in [-0.2, 0) is 19.2 Å². The van der Waals surface area contributed by atoms with Crippen LogP contribution in [0.4, 0.5) is 5.13 Å². The number of carboxylic acid groups (broad SMARTS) is 1. The second kappa shape index (κ2) is 8.71. The number of aromatic nitrogens is 1. The molecule has 10 nitrogen and oxygen atoms in total. The first-order valence-corrected chi connectivity index (χ1v) is 12.4. The van der Waals surface area contributed by atoms with Gasteiger partial charge in [0.1, 0.15) is 29.3 Å². The molecule has 0 aromatic carbocycles. The highest BCUT2D eigenvalue weighted by atomic mass is 35.5. The van der Waals surface area contributed by atoms with Gasteiger partial charge in [0.2, 0.25) is 5.91 Å². The van der Waals surface area contributed by atoms with E-state index in [2.05, 4.69) is 15.5 Å². The number of β-lactam (4-membered cyclic amide) rings is 1. The van der Waals surface area contributed by atoms with E-state index < -0.39 is 40.0 Å². The van der Waals surface area contributed by atoms with Crippen LogP contribution in [0.15, 0.2) is 10.5 Å². The third kappa shape index (κ3) is 4.27. The number of nitrogens with two attached hydrogens (primary N) is 1. The minimum atomic E-state index is -1.07. The number of nitrogen functional groups attached to an aromatic ring is 1. The zero-order valence-corrected chi connectivity index (χ0v) is 19.9. The average Bonchev–Trinajstić information content (AvgIpc) is 3.26. The Morgan fingerprint density at radius 2 is 2.06 bits per heavy atom. The fourth-order valence-electron chi connectivity index (χ4n) is 4.21. The maximum atomic E-state index is 13.1. The number of anilines is 1. The van der Waals surface area contributed by atoms with E-state index in [1.807, 2.05) is 0 Å². The van der Waals surface area contributed by atoms with E-state index in [1.54, 1.807) is 19.2 Å². The number of nitrogens with one attached hydrogen (secondary N) is 1. The summed E-state index contributed by atoms with van der Waals surface area (Å²) in [5.41, 5.74) is 5.90. The molecule has 2 aliphatic heterocycles. The van der Waals surface area contributed by atoms with Gasteiger partial charge in [0, 0.05) is 15.5 Å². The SMILES string of the molecule is CC1(C)S[C@@H]2[C@@H](NC(=O)/C(=N\O[C@H]3CC[C@H](Cl)CC3)c3csc(N)n3)C(=O)N2[C@H]1C(=O)O. The molecular formula is C19H24ClN5O5S2. The average molecular weight is 502 g/mol. The van der Waals surface area contributed by atoms with E-state index in [-0.39, 0.29) is 28.0 Å². The number of rotatable bonds is 6. The topological polar surface area (TPSA) is 147 Å². The molecule has 0 unspecified atom stereocenters. The molecule has 32 heavy (non-hydrogen) atoms. The third-order valence-corrected chi connectivity index (χ3v) is 8.52. The summed E-state index contributed by atoms with van der Waals surface area (Å²) in [6, 6.07) is -1.81. The van der Waals surface area contributed by atoms with Crippen molar-refractivity contribution in [1.82, 2.24) is 15.2 Å². The van der Waals surface area contributed by atoms with Gasteiger partial charge in [-0.05, 0) is 39.5 Å². The molecule has 13 heteroatoms. The summed E-state index contributed by atoms with van der Waals surface area (Å²) in [6.45, 7) is 3.55. The van der Waals surface area contributed by atoms with E-state index in [9.17, 15) is 19.5 Å². The van der Waals surface area contributed by atoms with E-state index in [0.717, 1.165) is 37.0 Å². The van der Waals surface area contributed by atoms with E-state index in [0.29, 0.717) is 0 Å². The lowest BCUT2D eigenvalue weighted by Crippen LogP contribution is -2.71. The Bertz CT molecular complexity index is 962. The number of fused-ring (bicyclic) bond motifs is 1. The molecule has 174 valence electrons. The second-order valence-electron chi connectivity index (χ2n) is 8.54. The van der Waals surface area contributed by atoms with Gasteiger partial charge >= 0.3 is 5.97 Å². The monoisotopic (exact) mass is 501 g/mol. The molecule has 1 aromatic rings. The van der Waals surface area contributed by atoms with Crippen LogP contribution in [0.2, 0.25) is 0 Å². The van der Waals surface area contributed by atoms with Gasteiger partial charge in [-0.2, -0.15) is 0 Å². The molecule has 3 aliphatic rings. The van der Waals surface area contributed by atoms with Crippen LogP contribution in [0.5, 0.6) is 0 Å². The second-order valence-corrected chi connectivity index (χ2v) is 11.8. The molecule has 3 heterocycles. The number of nitrogens with zero attached hydrogens (tertiary/aromatic N) is 3. The Kier molecular flexibility index (Phi) is 6.29. The molecule has 4 N–H and O–H groups in total. The number of carbonyl (C=O) groups excluding carboxylic acids is 2. The summed E-state index contributed by atoms with van der Waals surface area (Å²) >= 11 is 8.63. The number of alkyl halides is 1. The van der Waals surface area contributed by atoms with Gasteiger partial charge in [-0.15, -0.1) is 34.7 Å². The number of carboxylic acids is 1. The number of amides is 2. The number of oxime groups is 1. The van der Waals surface area contributed by atoms with Crippen LogP contribution in [0, 0.1) is 0 Å². The van der Waals surface area contributed by atoms with Crippen LogP contribution in [0.25, 0.3) is 0 Å². The predicted octanol–water partition coefficient (Wildman–Crippen LogP) is 1.63. The molecule has 0 spiro atoms. The molecule has 2 amide bonds. The minimum Gasteiger partial charge on any atom is -0.480 e. The molecule has 1 aromatic heterocycles. The van der Waals surface area contributed by atoms with Gasteiger partial charge in [-0.25, -0.2) is 9.78 Å². The predicted molar refractivity (Wildman–Crippen MR) is 122 cm³/mol. The zero-order chi connectivity index (χ0) is 23.2. The Morgan fingerprint density at radius 1 is 1.38 bits per heavy atom. The van der Waals surface area contributed by atoms with Crippen LogP contribution in [0.1, 0.15) is 45.2 Å². The number of thioether (sulfide) groups is 1. The van der Waals surface area contributed by atoms with E-state index >= 15 is 0 Å². The highest BCUT2D eigenvalue weighted by Crippen LogP contribution is 2.50. The molecule has 1 aliphatic carbocycles. The third-order valence-electron chi connectivity index (χ3n) is 5.84. The van der Waals surface area contributed by atoms with Crippen molar-refractivity contribution in [3.8, 4) is 0 Å². The van der Waals surface area contributed by atoms with Crippen LogP contribution >= 0.6 is 34.7 Å². The largest absolute Gasteiger partial charge is 0.480 e. The van der Waals surface area contributed by atoms with Gasteiger partial charge in [-0.3, -0.25) is 9.59 Å². The molecule has 2 saturated heterocycles. The van der Waals surface area contributed by atoms with Crippen LogP contribution < -0.4 is 11.1 Å². The van der Waals surface area contributed by atoms with Crippen molar-refractivity contribution < 1.29 is 24.3 Å². The molecule has 1 saturated carbocycles. The normalized spacial score (nSPS) is 31.6. The number of halogens is 1. The van der Waals surface area contributed by atoms with Gasteiger partial charge in [0.15, 0.2) is 10.8 Å². The molecule has 0 bridgehead atoms. The smallest absolute Gasteiger partial charge is 0.327 e. The standard InChI is InChI=1S/C19H24ClN5O5S2/c1-19(2)13(17(28)29)25-15(27)12(16(25)32-19)23-14(26)11(10-7-31-18(21)22-10)24-30-9-5-3-8(20)4-6-9/h7-9,12-13,16H,3-6H2,1-2H3,(H2,21,22)(H,23,26)(H,28,29)/b24-11-/t8-,9-,12-,13-,16+/m0/s1. The fourth-order valence-corrected chi connectivity index (χ4v) is 6.64. The molecule has 0 radical (unpaired) electrons.